The highest BCUT2D eigenvalue weighted by Gasteiger charge is 2.20. The molecule has 0 spiro atoms. The average Bonchev–Trinajstić information content (AvgIpc) is 2.66. The summed E-state index contributed by atoms with van der Waals surface area (Å²) in [5.41, 5.74) is 1.67. The molecule has 0 aliphatic heterocycles. The summed E-state index contributed by atoms with van der Waals surface area (Å²) in [6, 6.07) is 11.1. The minimum absolute atomic E-state index is 0.00106. The van der Waals surface area contributed by atoms with Crippen LogP contribution in [0.25, 0.3) is 0 Å². The lowest BCUT2D eigenvalue weighted by molar-refractivity contribution is -0.122. The number of hydrogen-bond donors (Lipinski definition) is 1. The molecule has 28 heavy (non-hydrogen) atoms. The Kier molecular flexibility index (Phi) is 6.78. The molecular formula is C22H29NO5. The van der Waals surface area contributed by atoms with Crippen LogP contribution in [0.5, 0.6) is 23.0 Å². The monoisotopic (exact) mass is 387 g/mol. The second kappa shape index (κ2) is 8.87. The topological polar surface area (TPSA) is 66.0 Å². The van der Waals surface area contributed by atoms with Crippen molar-refractivity contribution in [2.75, 3.05) is 26.6 Å². The first-order valence-corrected chi connectivity index (χ1v) is 9.07. The van der Waals surface area contributed by atoms with E-state index in [9.17, 15) is 4.79 Å². The van der Waals surface area contributed by atoms with E-state index in [4.69, 9.17) is 18.9 Å². The van der Waals surface area contributed by atoms with E-state index in [1.165, 1.54) is 21.3 Å². The minimum atomic E-state index is -0.686. The Balaban J connectivity index is 2.15. The van der Waals surface area contributed by atoms with Gasteiger partial charge in [-0.3, -0.25) is 4.79 Å². The summed E-state index contributed by atoms with van der Waals surface area (Å²) < 4.78 is 21.8. The number of benzene rings is 2. The van der Waals surface area contributed by atoms with Crippen LogP contribution in [0, 0.1) is 0 Å². The van der Waals surface area contributed by atoms with Gasteiger partial charge in [0.25, 0.3) is 5.91 Å². The fraction of sp³-hybridized carbons (Fsp3) is 0.409. The molecule has 1 unspecified atom stereocenters. The van der Waals surface area contributed by atoms with E-state index < -0.39 is 6.10 Å². The number of nitrogens with one attached hydrogen (secondary N) is 1. The lowest BCUT2D eigenvalue weighted by atomic mass is 9.87. The van der Waals surface area contributed by atoms with Crippen LogP contribution >= 0.6 is 0 Å². The summed E-state index contributed by atoms with van der Waals surface area (Å²) >= 11 is 0. The molecule has 2 aromatic carbocycles. The Labute approximate surface area is 166 Å². The molecule has 0 heterocycles. The Morgan fingerprint density at radius 2 is 1.57 bits per heavy atom. The first-order valence-electron chi connectivity index (χ1n) is 9.07. The number of carbonyl (C=O) groups excluding carboxylic acids is 1. The molecule has 0 bridgehead atoms. The molecule has 0 fully saturated rings. The van der Waals surface area contributed by atoms with Crippen molar-refractivity contribution in [1.82, 2.24) is 0 Å². The predicted molar refractivity (Wildman–Crippen MR) is 110 cm³/mol. The molecule has 0 aliphatic carbocycles. The molecule has 0 aliphatic rings. The third-order valence-corrected chi connectivity index (χ3v) is 4.31. The van der Waals surface area contributed by atoms with Crippen LogP contribution in [-0.4, -0.2) is 33.3 Å². The van der Waals surface area contributed by atoms with Gasteiger partial charge in [0, 0.05) is 17.8 Å². The van der Waals surface area contributed by atoms with Crippen molar-refractivity contribution in [1.29, 1.82) is 0 Å². The van der Waals surface area contributed by atoms with Gasteiger partial charge in [0.2, 0.25) is 5.75 Å². The Morgan fingerprint density at radius 1 is 0.964 bits per heavy atom. The van der Waals surface area contributed by atoms with Gasteiger partial charge in [0.15, 0.2) is 17.6 Å². The van der Waals surface area contributed by atoms with Crippen molar-refractivity contribution >= 4 is 11.6 Å². The fourth-order valence-electron chi connectivity index (χ4n) is 2.69. The second-order valence-corrected chi connectivity index (χ2v) is 7.44. The molecule has 0 saturated heterocycles. The maximum atomic E-state index is 12.6. The quantitative estimate of drug-likeness (QED) is 0.762. The van der Waals surface area contributed by atoms with Gasteiger partial charge in [-0.1, -0.05) is 32.9 Å². The zero-order valence-electron chi connectivity index (χ0n) is 17.6. The van der Waals surface area contributed by atoms with Gasteiger partial charge >= 0.3 is 0 Å². The molecule has 1 amide bonds. The molecule has 0 radical (unpaired) electrons. The first kappa shape index (κ1) is 21.4. The summed E-state index contributed by atoms with van der Waals surface area (Å²) in [5.74, 6) is 1.76. The first-order chi connectivity index (χ1) is 13.2. The van der Waals surface area contributed by atoms with E-state index in [1.54, 1.807) is 19.1 Å². The summed E-state index contributed by atoms with van der Waals surface area (Å²) in [6.45, 7) is 8.10. The average molecular weight is 387 g/mol. The van der Waals surface area contributed by atoms with Gasteiger partial charge in [-0.25, -0.2) is 0 Å². The van der Waals surface area contributed by atoms with Gasteiger partial charge in [-0.2, -0.15) is 0 Å². The van der Waals surface area contributed by atoms with E-state index in [-0.39, 0.29) is 11.3 Å². The highest BCUT2D eigenvalue weighted by atomic mass is 16.5. The number of methoxy groups -OCH3 is 3. The van der Waals surface area contributed by atoms with Crippen molar-refractivity contribution < 1.29 is 23.7 Å². The largest absolute Gasteiger partial charge is 0.493 e. The number of ether oxygens (including phenoxy) is 4. The van der Waals surface area contributed by atoms with Crippen molar-refractivity contribution in [2.45, 2.75) is 39.2 Å². The number of hydrogen-bond acceptors (Lipinski definition) is 5. The van der Waals surface area contributed by atoms with Gasteiger partial charge in [0.05, 0.1) is 21.3 Å². The third kappa shape index (κ3) is 5.09. The Morgan fingerprint density at radius 3 is 2.07 bits per heavy atom. The van der Waals surface area contributed by atoms with Crippen LogP contribution in [0.4, 0.5) is 5.69 Å². The molecule has 1 atom stereocenters. The Bertz CT molecular complexity index is 801. The maximum Gasteiger partial charge on any atom is 0.265 e. The standard InChI is InChI=1S/C22H29NO5/c1-14(28-17-10-8-9-15(11-17)22(2,3)4)21(24)23-16-12-18(25-5)20(27-7)19(13-16)26-6/h8-14H,1-7H3,(H,23,24). The molecule has 6 heteroatoms. The Hall–Kier alpha value is -2.89. The van der Waals surface area contributed by atoms with Gasteiger partial charge in [-0.05, 0) is 30.0 Å². The van der Waals surface area contributed by atoms with Crippen LogP contribution < -0.4 is 24.3 Å². The third-order valence-electron chi connectivity index (χ3n) is 4.31. The van der Waals surface area contributed by atoms with Gasteiger partial charge in [-0.15, -0.1) is 0 Å². The molecule has 2 rings (SSSR count). The minimum Gasteiger partial charge on any atom is -0.493 e. The van der Waals surface area contributed by atoms with Crippen molar-refractivity contribution in [3.8, 4) is 23.0 Å². The van der Waals surface area contributed by atoms with Crippen molar-refractivity contribution in [3.63, 3.8) is 0 Å². The molecule has 0 saturated carbocycles. The molecule has 6 nitrogen and oxygen atoms in total. The van der Waals surface area contributed by atoms with Gasteiger partial charge in [0.1, 0.15) is 5.75 Å². The van der Waals surface area contributed by atoms with E-state index in [0.29, 0.717) is 28.7 Å². The number of anilines is 1. The van der Waals surface area contributed by atoms with Crippen LogP contribution in [0.2, 0.25) is 0 Å². The lowest BCUT2D eigenvalue weighted by Gasteiger charge is -2.21. The van der Waals surface area contributed by atoms with Crippen molar-refractivity contribution in [3.05, 3.63) is 42.0 Å². The molecule has 2 aromatic rings. The predicted octanol–water partition coefficient (Wildman–Crippen LogP) is 4.42. The second-order valence-electron chi connectivity index (χ2n) is 7.44. The highest BCUT2D eigenvalue weighted by molar-refractivity contribution is 5.94. The summed E-state index contributed by atoms with van der Waals surface area (Å²) in [6.07, 6.45) is -0.686. The van der Waals surface area contributed by atoms with E-state index >= 15 is 0 Å². The number of rotatable bonds is 7. The normalized spacial score (nSPS) is 12.1. The van der Waals surface area contributed by atoms with E-state index in [2.05, 4.69) is 26.1 Å². The van der Waals surface area contributed by atoms with Crippen LogP contribution in [0.3, 0.4) is 0 Å². The summed E-state index contributed by atoms with van der Waals surface area (Å²) in [5, 5.41) is 2.83. The zero-order valence-corrected chi connectivity index (χ0v) is 17.6. The van der Waals surface area contributed by atoms with Crippen LogP contribution in [-0.2, 0) is 10.2 Å². The van der Waals surface area contributed by atoms with E-state index in [0.717, 1.165) is 5.56 Å². The maximum absolute atomic E-state index is 12.6. The fourth-order valence-corrected chi connectivity index (χ4v) is 2.69. The summed E-state index contributed by atoms with van der Waals surface area (Å²) in [7, 11) is 4.58. The lowest BCUT2D eigenvalue weighted by Crippen LogP contribution is -2.30. The zero-order chi connectivity index (χ0) is 20.9. The molecule has 0 aromatic heterocycles. The van der Waals surface area contributed by atoms with Gasteiger partial charge < -0.3 is 24.3 Å². The molecule has 152 valence electrons. The number of amides is 1. The van der Waals surface area contributed by atoms with Crippen LogP contribution in [0.15, 0.2) is 36.4 Å². The van der Waals surface area contributed by atoms with Crippen LogP contribution in [0.1, 0.15) is 33.3 Å². The van der Waals surface area contributed by atoms with E-state index in [1.807, 2.05) is 24.3 Å². The molecular weight excluding hydrogens is 358 g/mol. The smallest absolute Gasteiger partial charge is 0.265 e. The SMILES string of the molecule is COc1cc(NC(=O)C(C)Oc2cccc(C(C)(C)C)c2)cc(OC)c1OC. The summed E-state index contributed by atoms with van der Waals surface area (Å²) in [4.78, 5) is 12.6. The van der Waals surface area contributed by atoms with Crippen molar-refractivity contribution in [2.24, 2.45) is 0 Å². The molecule has 1 N–H and O–H groups in total. The highest BCUT2D eigenvalue weighted by Crippen LogP contribution is 2.40. The number of carbonyl (C=O) groups is 1.